The molecule has 1 amide bonds. The monoisotopic (exact) mass is 323 g/mol. The number of nitrogens with zero attached hydrogens (tertiary/aromatic N) is 5. The molecule has 0 atom stereocenters. The number of carbonyl (C=O) groups is 1. The molecule has 0 saturated carbocycles. The molecule has 0 bridgehead atoms. The van der Waals surface area contributed by atoms with Crippen LogP contribution in [0.25, 0.3) is 11.2 Å². The molecule has 0 unspecified atom stereocenters. The van der Waals surface area contributed by atoms with E-state index in [0.29, 0.717) is 22.4 Å². The van der Waals surface area contributed by atoms with Crippen molar-refractivity contribution >= 4 is 28.6 Å². The van der Waals surface area contributed by atoms with Gasteiger partial charge in [0.1, 0.15) is 17.8 Å². The van der Waals surface area contributed by atoms with Crippen LogP contribution in [-0.2, 0) is 0 Å². The molecule has 0 spiro atoms. The molecule has 2 N–H and O–H groups in total. The van der Waals surface area contributed by atoms with Gasteiger partial charge in [-0.15, -0.1) is 0 Å². The van der Waals surface area contributed by atoms with Crippen molar-refractivity contribution in [1.29, 1.82) is 0 Å². The summed E-state index contributed by atoms with van der Waals surface area (Å²) < 4.78 is 0. The lowest BCUT2D eigenvalue weighted by Crippen LogP contribution is -2.22. The minimum Gasteiger partial charge on any atom is -0.355 e. The van der Waals surface area contributed by atoms with Crippen LogP contribution < -0.4 is 10.2 Å². The lowest BCUT2D eigenvalue weighted by atomic mass is 10.2. The molecule has 1 saturated heterocycles. The molecule has 4 heterocycles. The Hall–Kier alpha value is -3.03. The first-order chi connectivity index (χ1) is 11.7. The fourth-order valence-electron chi connectivity index (χ4n) is 3.00. The van der Waals surface area contributed by atoms with Gasteiger partial charge in [0.2, 0.25) is 0 Å². The molecule has 1 fully saturated rings. The van der Waals surface area contributed by atoms with Crippen LogP contribution >= 0.6 is 0 Å². The third-order valence-corrected chi connectivity index (χ3v) is 4.10. The molecular weight excluding hydrogens is 306 g/mol. The molecule has 1 aliphatic heterocycles. The van der Waals surface area contributed by atoms with Gasteiger partial charge in [0.15, 0.2) is 11.5 Å². The average molecular weight is 323 g/mol. The first-order valence-corrected chi connectivity index (χ1v) is 7.90. The first kappa shape index (κ1) is 14.6. The van der Waals surface area contributed by atoms with Crippen LogP contribution in [-0.4, -0.2) is 43.9 Å². The van der Waals surface area contributed by atoms with Gasteiger partial charge < -0.3 is 15.2 Å². The number of amides is 1. The topological polar surface area (TPSA) is 99.7 Å². The van der Waals surface area contributed by atoms with E-state index < -0.39 is 0 Å². The number of imidazole rings is 1. The van der Waals surface area contributed by atoms with Crippen molar-refractivity contribution in [3.05, 3.63) is 36.2 Å². The predicted octanol–water partition coefficient (Wildman–Crippen LogP) is 1.91. The van der Waals surface area contributed by atoms with Crippen LogP contribution in [0.5, 0.6) is 0 Å². The standard InChI is InChI=1S/C16H17N7O/c1-10-20-13-11(4-5-18-14(13)21-10)16(24)22-12-8-17-9-19-15(12)23-6-2-3-7-23/h4-5,8-9H,2-3,6-7H2,1H3,(H,22,24)(H,18,20,21). The molecule has 3 aromatic heterocycles. The van der Waals surface area contributed by atoms with Crippen LogP contribution in [0, 0.1) is 6.92 Å². The Morgan fingerprint density at radius 2 is 2.12 bits per heavy atom. The molecule has 0 radical (unpaired) electrons. The van der Waals surface area contributed by atoms with Crippen molar-refractivity contribution in [2.24, 2.45) is 0 Å². The average Bonchev–Trinajstić information content (AvgIpc) is 3.23. The number of hydrogen-bond acceptors (Lipinski definition) is 6. The summed E-state index contributed by atoms with van der Waals surface area (Å²) in [6, 6.07) is 1.68. The summed E-state index contributed by atoms with van der Waals surface area (Å²) in [4.78, 5) is 34.8. The second-order valence-electron chi connectivity index (χ2n) is 5.79. The van der Waals surface area contributed by atoms with Gasteiger partial charge in [0.05, 0.1) is 17.3 Å². The van der Waals surface area contributed by atoms with Crippen LogP contribution in [0.4, 0.5) is 11.5 Å². The normalized spacial score (nSPS) is 14.3. The van der Waals surface area contributed by atoms with E-state index in [9.17, 15) is 4.79 Å². The van der Waals surface area contributed by atoms with Gasteiger partial charge in [-0.3, -0.25) is 4.79 Å². The summed E-state index contributed by atoms with van der Waals surface area (Å²) >= 11 is 0. The van der Waals surface area contributed by atoms with Crippen molar-refractivity contribution in [2.45, 2.75) is 19.8 Å². The molecule has 122 valence electrons. The number of hydrogen-bond donors (Lipinski definition) is 2. The van der Waals surface area contributed by atoms with Gasteiger partial charge in [-0.05, 0) is 25.8 Å². The zero-order chi connectivity index (χ0) is 16.5. The second-order valence-corrected chi connectivity index (χ2v) is 5.79. The molecule has 3 aromatic rings. The van der Waals surface area contributed by atoms with Crippen LogP contribution in [0.1, 0.15) is 29.0 Å². The van der Waals surface area contributed by atoms with E-state index >= 15 is 0 Å². The van der Waals surface area contributed by atoms with Crippen LogP contribution in [0.2, 0.25) is 0 Å². The molecular formula is C16H17N7O. The minimum absolute atomic E-state index is 0.235. The van der Waals surface area contributed by atoms with E-state index in [0.717, 1.165) is 37.6 Å². The number of nitrogens with one attached hydrogen (secondary N) is 2. The quantitative estimate of drug-likeness (QED) is 0.764. The van der Waals surface area contributed by atoms with E-state index in [1.54, 1.807) is 18.5 Å². The highest BCUT2D eigenvalue weighted by Gasteiger charge is 2.20. The molecule has 1 aliphatic rings. The summed E-state index contributed by atoms with van der Waals surface area (Å²) in [5.74, 6) is 1.25. The van der Waals surface area contributed by atoms with E-state index in [1.165, 1.54) is 6.33 Å². The summed E-state index contributed by atoms with van der Waals surface area (Å²) in [6.45, 7) is 3.72. The number of rotatable bonds is 3. The lowest BCUT2D eigenvalue weighted by Gasteiger charge is -2.19. The summed E-state index contributed by atoms with van der Waals surface area (Å²) in [7, 11) is 0. The fourth-order valence-corrected chi connectivity index (χ4v) is 3.00. The molecule has 0 aromatic carbocycles. The van der Waals surface area contributed by atoms with Crippen LogP contribution in [0.3, 0.4) is 0 Å². The Bertz CT molecular complexity index is 898. The summed E-state index contributed by atoms with van der Waals surface area (Å²) in [6.07, 6.45) is 6.99. The number of aryl methyl sites for hydroxylation is 1. The molecule has 0 aliphatic carbocycles. The second kappa shape index (κ2) is 5.88. The maximum atomic E-state index is 12.7. The van der Waals surface area contributed by atoms with Crippen molar-refractivity contribution < 1.29 is 4.79 Å². The van der Waals surface area contributed by atoms with Gasteiger partial charge in [0.25, 0.3) is 5.91 Å². The Balaban J connectivity index is 1.67. The van der Waals surface area contributed by atoms with Crippen molar-refractivity contribution in [2.75, 3.05) is 23.3 Å². The smallest absolute Gasteiger partial charge is 0.258 e. The number of pyridine rings is 1. The highest BCUT2D eigenvalue weighted by molar-refractivity contribution is 6.11. The van der Waals surface area contributed by atoms with Gasteiger partial charge >= 0.3 is 0 Å². The highest BCUT2D eigenvalue weighted by atomic mass is 16.1. The van der Waals surface area contributed by atoms with Gasteiger partial charge in [-0.2, -0.15) is 0 Å². The van der Waals surface area contributed by atoms with E-state index in [-0.39, 0.29) is 5.91 Å². The highest BCUT2D eigenvalue weighted by Crippen LogP contribution is 2.26. The van der Waals surface area contributed by atoms with E-state index in [1.807, 2.05) is 6.92 Å². The van der Waals surface area contributed by atoms with Gasteiger partial charge in [-0.1, -0.05) is 0 Å². The maximum Gasteiger partial charge on any atom is 0.258 e. The Morgan fingerprint density at radius 3 is 2.96 bits per heavy atom. The lowest BCUT2D eigenvalue weighted by molar-refractivity contribution is 0.102. The Morgan fingerprint density at radius 1 is 1.29 bits per heavy atom. The van der Waals surface area contributed by atoms with Crippen molar-refractivity contribution in [3.63, 3.8) is 0 Å². The number of aromatic nitrogens is 5. The zero-order valence-electron chi connectivity index (χ0n) is 13.3. The maximum absolute atomic E-state index is 12.7. The molecule has 8 heteroatoms. The molecule has 24 heavy (non-hydrogen) atoms. The number of fused-ring (bicyclic) bond motifs is 1. The molecule has 8 nitrogen and oxygen atoms in total. The Labute approximate surface area is 138 Å². The first-order valence-electron chi connectivity index (χ1n) is 7.90. The number of carbonyl (C=O) groups excluding carboxylic acids is 1. The van der Waals surface area contributed by atoms with Crippen molar-refractivity contribution in [1.82, 2.24) is 24.9 Å². The minimum atomic E-state index is -0.235. The summed E-state index contributed by atoms with van der Waals surface area (Å²) in [5, 5.41) is 2.92. The van der Waals surface area contributed by atoms with E-state index in [2.05, 4.69) is 35.1 Å². The number of H-pyrrole nitrogens is 1. The van der Waals surface area contributed by atoms with Gasteiger partial charge in [0, 0.05) is 19.3 Å². The molecule has 4 rings (SSSR count). The van der Waals surface area contributed by atoms with Crippen LogP contribution in [0.15, 0.2) is 24.8 Å². The van der Waals surface area contributed by atoms with Crippen molar-refractivity contribution in [3.8, 4) is 0 Å². The number of anilines is 2. The largest absolute Gasteiger partial charge is 0.355 e. The zero-order valence-corrected chi connectivity index (χ0v) is 13.3. The third-order valence-electron chi connectivity index (χ3n) is 4.10. The summed E-state index contributed by atoms with van der Waals surface area (Å²) in [5.41, 5.74) is 2.28. The Kier molecular flexibility index (Phi) is 3.56. The SMILES string of the molecule is Cc1nc2nccc(C(=O)Nc3cncnc3N3CCCC3)c2[nH]1. The fraction of sp³-hybridized carbons (Fsp3) is 0.312. The van der Waals surface area contributed by atoms with E-state index in [4.69, 9.17) is 0 Å². The number of aromatic amines is 1. The van der Waals surface area contributed by atoms with Gasteiger partial charge in [-0.25, -0.2) is 19.9 Å². The third kappa shape index (κ3) is 2.55. The predicted molar refractivity (Wildman–Crippen MR) is 90.1 cm³/mol.